The molecule has 432 valence electrons. The second-order valence-corrected chi connectivity index (χ2v) is 25.7. The smallest absolute Gasteiger partial charge is 0.0709 e. The minimum absolute atomic E-state index is 0.128. The number of aryl methyl sites for hydroxylation is 4. The summed E-state index contributed by atoms with van der Waals surface area (Å²) < 4.78 is 2.18. The molecule has 6 nitrogen and oxygen atoms in total. The van der Waals surface area contributed by atoms with E-state index < -0.39 is 0 Å². The first-order chi connectivity index (χ1) is 42.6. The fourth-order valence-electron chi connectivity index (χ4n) is 13.0. The van der Waals surface area contributed by atoms with Gasteiger partial charge in [0.1, 0.15) is 0 Å². The van der Waals surface area contributed by atoms with Crippen LogP contribution in [-0.4, -0.2) is 9.97 Å². The van der Waals surface area contributed by atoms with Crippen molar-refractivity contribution in [3.63, 3.8) is 0 Å². The third kappa shape index (κ3) is 10.7. The molecule has 0 saturated heterocycles. The Hall–Kier alpha value is -9.34. The van der Waals surface area contributed by atoms with E-state index in [0.29, 0.717) is 0 Å². The monoisotopic (exact) mass is 1270 g/mol. The number of para-hydroxylation sites is 4. The second kappa shape index (κ2) is 23.7. The van der Waals surface area contributed by atoms with Gasteiger partial charge in [0.2, 0.25) is 0 Å². The van der Waals surface area contributed by atoms with Crippen LogP contribution < -0.4 is 19.6 Å². The maximum atomic E-state index is 5.25. The minimum Gasteiger partial charge on any atom is -0.310 e. The Morgan fingerprint density at radius 1 is 0.295 bits per heavy atom. The van der Waals surface area contributed by atoms with E-state index in [2.05, 4.69) is 374 Å². The summed E-state index contributed by atoms with van der Waals surface area (Å²) >= 11 is 7.38. The normalized spacial score (nSPS) is 13.2. The number of rotatable bonds is 10. The zero-order valence-electron chi connectivity index (χ0n) is 50.8. The Morgan fingerprint density at radius 3 is 0.898 bits per heavy atom. The van der Waals surface area contributed by atoms with Crippen molar-refractivity contribution in [3.05, 3.63) is 321 Å². The molecule has 88 heavy (non-hydrogen) atoms. The van der Waals surface area contributed by atoms with Crippen LogP contribution in [0.2, 0.25) is 0 Å². The molecule has 0 unspecified atom stereocenters. The van der Waals surface area contributed by atoms with Crippen LogP contribution in [0, 0.1) is 27.7 Å². The van der Waals surface area contributed by atoms with E-state index >= 15 is 0 Å². The van der Waals surface area contributed by atoms with E-state index in [4.69, 9.17) is 9.97 Å². The number of hydrogen-bond donors (Lipinski definition) is 0. The van der Waals surface area contributed by atoms with Gasteiger partial charge in [-0.2, -0.15) is 0 Å². The van der Waals surface area contributed by atoms with Crippen molar-refractivity contribution in [2.75, 3.05) is 19.6 Å². The lowest BCUT2D eigenvalue weighted by atomic mass is 9.73. The molecule has 0 amide bonds. The third-order valence-electron chi connectivity index (χ3n) is 17.5. The summed E-state index contributed by atoms with van der Waals surface area (Å²) in [6, 6.07) is 95.3. The first kappa shape index (κ1) is 57.7. The number of fused-ring (bicyclic) bond motifs is 4. The largest absolute Gasteiger partial charge is 0.310 e. The molecule has 2 aliphatic heterocycles. The third-order valence-corrected chi connectivity index (χ3v) is 18.5. The van der Waals surface area contributed by atoms with Gasteiger partial charge in [-0.3, -0.25) is 9.97 Å². The molecular formula is C80H68Br2N6. The average molecular weight is 1270 g/mol. The van der Waals surface area contributed by atoms with E-state index in [-0.39, 0.29) is 10.8 Å². The maximum Gasteiger partial charge on any atom is 0.0709 e. The highest BCUT2D eigenvalue weighted by atomic mass is 79.9. The van der Waals surface area contributed by atoms with Gasteiger partial charge in [-0.25, -0.2) is 0 Å². The molecule has 0 spiro atoms. The molecule has 0 fully saturated rings. The summed E-state index contributed by atoms with van der Waals surface area (Å²) in [5, 5.41) is 0. The number of pyridine rings is 2. The SMILES string of the molecule is Cc1ccccc1-c1ccc(N2c3ccc(Br)cc3C(C)(C)c3cc(Br)ccc32)c(C)n1.Cc1ccccc1-c1ccc(N2c3ccc(N(c4ccccc4)c4ccccc4)cc3C(C)(C)c3cc(N(c4ccccc4)c4ccccc4)ccc32)c(C)n1. The summed E-state index contributed by atoms with van der Waals surface area (Å²) in [4.78, 5) is 19.8. The van der Waals surface area contributed by atoms with Crippen molar-refractivity contribution in [2.45, 2.75) is 66.2 Å². The van der Waals surface area contributed by atoms with Gasteiger partial charge < -0.3 is 19.6 Å². The molecule has 2 aromatic heterocycles. The zero-order valence-corrected chi connectivity index (χ0v) is 54.0. The fraction of sp³-hybridized carbons (Fsp3) is 0.125. The highest BCUT2D eigenvalue weighted by Crippen LogP contribution is 2.57. The van der Waals surface area contributed by atoms with Gasteiger partial charge in [-0.05, 0) is 207 Å². The van der Waals surface area contributed by atoms with Gasteiger partial charge in [-0.1, -0.05) is 181 Å². The molecule has 8 heteroatoms. The molecule has 0 N–H and O–H groups in total. The molecule has 4 heterocycles. The van der Waals surface area contributed by atoms with E-state index in [1.807, 2.05) is 0 Å². The lowest BCUT2D eigenvalue weighted by Gasteiger charge is -2.43. The molecular weight excluding hydrogens is 1200 g/mol. The Kier molecular flexibility index (Phi) is 15.6. The van der Waals surface area contributed by atoms with Gasteiger partial charge in [0.15, 0.2) is 0 Å². The predicted octanol–water partition coefficient (Wildman–Crippen LogP) is 23.4. The molecule has 14 rings (SSSR count). The lowest BCUT2D eigenvalue weighted by molar-refractivity contribution is 0.630. The molecule has 0 aliphatic carbocycles. The molecule has 12 aromatic rings. The van der Waals surface area contributed by atoms with Crippen LogP contribution in [-0.2, 0) is 10.8 Å². The summed E-state index contributed by atoms with van der Waals surface area (Å²) in [6.07, 6.45) is 0. The molecule has 0 bridgehead atoms. The van der Waals surface area contributed by atoms with Crippen LogP contribution in [0.1, 0.15) is 72.5 Å². The van der Waals surface area contributed by atoms with Crippen LogP contribution in [0.4, 0.5) is 68.2 Å². The maximum absolute atomic E-state index is 5.25. The standard InChI is InChI=1S/C52H44N4.C28H24Br2N2/c1-37-19-17-18-28-45(37)48-31-34-49(38(2)53-48)56-50-32-29-43(54(39-20-9-5-10-21-39)40-22-11-6-12-23-40)35-46(50)52(3,4)47-36-44(30-33-51(47)56)55(41-24-13-7-14-25-41)42-26-15-8-16-27-42;1-17-7-5-6-8-21(17)24-11-14-25(18(2)31-24)32-26-12-9-19(29)15-22(26)28(3,4)23-16-20(30)10-13-27(23)32/h5-36H,1-4H3;5-16H,1-4H3. The Labute approximate surface area is 535 Å². The van der Waals surface area contributed by atoms with Crippen LogP contribution in [0.5, 0.6) is 0 Å². The van der Waals surface area contributed by atoms with Gasteiger partial charge in [-0.15, -0.1) is 0 Å². The average Bonchev–Trinajstić information content (AvgIpc) is 0.760. The molecule has 2 aliphatic rings. The van der Waals surface area contributed by atoms with Crippen molar-refractivity contribution >= 4 is 100 Å². The molecule has 0 atom stereocenters. The number of benzene rings is 10. The highest BCUT2D eigenvalue weighted by Gasteiger charge is 2.40. The van der Waals surface area contributed by atoms with E-state index in [1.165, 1.54) is 50.3 Å². The summed E-state index contributed by atoms with van der Waals surface area (Å²) in [7, 11) is 0. The van der Waals surface area contributed by atoms with Crippen LogP contribution in [0.3, 0.4) is 0 Å². The number of hydrogen-bond acceptors (Lipinski definition) is 6. The Bertz CT molecular complexity index is 4280. The topological polar surface area (TPSA) is 38.7 Å². The van der Waals surface area contributed by atoms with E-state index in [1.54, 1.807) is 0 Å². The Balaban J connectivity index is 0.000000189. The van der Waals surface area contributed by atoms with Crippen molar-refractivity contribution in [1.29, 1.82) is 0 Å². The quantitative estimate of drug-likeness (QED) is 0.136. The van der Waals surface area contributed by atoms with Gasteiger partial charge in [0.05, 0.1) is 56.9 Å². The zero-order chi connectivity index (χ0) is 60.8. The highest BCUT2D eigenvalue weighted by molar-refractivity contribution is 9.10. The second-order valence-electron chi connectivity index (χ2n) is 23.9. The van der Waals surface area contributed by atoms with Crippen molar-refractivity contribution in [3.8, 4) is 22.5 Å². The lowest BCUT2D eigenvalue weighted by Crippen LogP contribution is -2.31. The number of anilines is 12. The minimum atomic E-state index is -0.367. The van der Waals surface area contributed by atoms with E-state index in [0.717, 1.165) is 94.2 Å². The number of nitrogens with zero attached hydrogens (tertiary/aromatic N) is 6. The first-order valence-electron chi connectivity index (χ1n) is 30.0. The van der Waals surface area contributed by atoms with Gasteiger partial charge >= 0.3 is 0 Å². The van der Waals surface area contributed by atoms with Crippen molar-refractivity contribution < 1.29 is 0 Å². The Morgan fingerprint density at radius 2 is 0.580 bits per heavy atom. The number of halogens is 2. The van der Waals surface area contributed by atoms with Crippen molar-refractivity contribution in [2.24, 2.45) is 0 Å². The van der Waals surface area contributed by atoms with Crippen LogP contribution >= 0.6 is 31.9 Å². The van der Waals surface area contributed by atoms with Crippen molar-refractivity contribution in [1.82, 2.24) is 9.97 Å². The van der Waals surface area contributed by atoms with Crippen LogP contribution in [0.25, 0.3) is 22.5 Å². The van der Waals surface area contributed by atoms with Gasteiger partial charge in [0, 0.05) is 65.0 Å². The van der Waals surface area contributed by atoms with Crippen LogP contribution in [0.15, 0.2) is 276 Å². The summed E-state index contributed by atoms with van der Waals surface area (Å²) in [5.41, 5.74) is 26.8. The van der Waals surface area contributed by atoms with E-state index in [9.17, 15) is 0 Å². The van der Waals surface area contributed by atoms with Gasteiger partial charge in [0.25, 0.3) is 0 Å². The molecule has 0 saturated carbocycles. The summed E-state index contributed by atoms with van der Waals surface area (Å²) in [6.45, 7) is 17.9. The summed E-state index contributed by atoms with van der Waals surface area (Å²) in [5.74, 6) is 0. The molecule has 0 radical (unpaired) electrons. The fourth-order valence-corrected chi connectivity index (χ4v) is 13.7. The predicted molar refractivity (Wildman–Crippen MR) is 377 cm³/mol. The first-order valence-corrected chi connectivity index (χ1v) is 31.6. The molecule has 10 aromatic carbocycles. The number of aromatic nitrogens is 2.